The molecule has 124 valence electrons. The van der Waals surface area contributed by atoms with Gasteiger partial charge in [-0.25, -0.2) is 9.37 Å². The Morgan fingerprint density at radius 3 is 2.54 bits per heavy atom. The van der Waals surface area contributed by atoms with Gasteiger partial charge in [-0.15, -0.1) is 0 Å². The molecule has 0 saturated heterocycles. The number of rotatable bonds is 4. The number of fused-ring (bicyclic) bond motifs is 1. The van der Waals surface area contributed by atoms with Crippen molar-refractivity contribution >= 4 is 22.9 Å². The number of halogens is 1. The van der Waals surface area contributed by atoms with E-state index in [1.807, 2.05) is 50.2 Å². The summed E-state index contributed by atoms with van der Waals surface area (Å²) in [4.78, 5) is 19.1. The number of hydrogen-bond acceptors (Lipinski definition) is 3. The van der Waals surface area contributed by atoms with E-state index in [-0.39, 0.29) is 5.91 Å². The fourth-order valence-corrected chi connectivity index (χ4v) is 2.59. The number of benzene rings is 1. The van der Waals surface area contributed by atoms with Crippen molar-refractivity contribution in [1.82, 2.24) is 9.38 Å². The number of nitrogens with one attached hydrogen (secondary N) is 1. The van der Waals surface area contributed by atoms with Crippen LogP contribution in [0.1, 0.15) is 23.1 Å². The first-order valence-corrected chi connectivity index (χ1v) is 7.75. The maximum absolute atomic E-state index is 13.6. The minimum Gasteiger partial charge on any atom is -0.378 e. The summed E-state index contributed by atoms with van der Waals surface area (Å²) in [6.45, 7) is 1.92. The molecule has 6 heteroatoms. The average molecular weight is 326 g/mol. The molecule has 24 heavy (non-hydrogen) atoms. The fraction of sp³-hybridized carbons (Fsp3) is 0.222. The number of anilines is 2. The molecule has 2 heterocycles. The highest BCUT2D eigenvalue weighted by molar-refractivity contribution is 6.04. The first-order valence-electron chi connectivity index (χ1n) is 7.75. The highest BCUT2D eigenvalue weighted by Gasteiger charge is 2.18. The molecular weight excluding hydrogens is 307 g/mol. The molecular formula is C18H19FN4O. The number of nitrogens with zero attached hydrogens (tertiary/aromatic N) is 3. The van der Waals surface area contributed by atoms with E-state index in [0.717, 1.165) is 5.69 Å². The predicted molar refractivity (Wildman–Crippen MR) is 93.3 cm³/mol. The molecule has 0 unspecified atom stereocenters. The molecule has 0 radical (unpaired) electrons. The minimum atomic E-state index is -0.410. The van der Waals surface area contributed by atoms with Crippen LogP contribution in [0, 0.1) is 5.82 Å². The lowest BCUT2D eigenvalue weighted by Crippen LogP contribution is -2.16. The molecule has 0 aliphatic carbocycles. The number of carbonyl (C=O) groups excluding carboxylic acids is 1. The lowest BCUT2D eigenvalue weighted by Gasteiger charge is -2.13. The summed E-state index contributed by atoms with van der Waals surface area (Å²) in [6.07, 6.45) is 1.87. The molecule has 3 rings (SSSR count). The fourth-order valence-electron chi connectivity index (χ4n) is 2.59. The second-order valence-electron chi connectivity index (χ2n) is 5.73. The third-order valence-electron chi connectivity index (χ3n) is 3.85. The smallest absolute Gasteiger partial charge is 0.274 e. The van der Waals surface area contributed by atoms with Crippen LogP contribution < -0.4 is 10.2 Å². The number of aryl methyl sites for hydroxylation is 1. The largest absolute Gasteiger partial charge is 0.378 e. The molecule has 1 N–H and O–H groups in total. The van der Waals surface area contributed by atoms with Gasteiger partial charge in [-0.05, 0) is 42.8 Å². The molecule has 1 amide bonds. The summed E-state index contributed by atoms with van der Waals surface area (Å²) >= 11 is 0. The van der Waals surface area contributed by atoms with Crippen molar-refractivity contribution in [1.29, 1.82) is 0 Å². The second-order valence-corrected chi connectivity index (χ2v) is 5.73. The van der Waals surface area contributed by atoms with Gasteiger partial charge in [0.25, 0.3) is 5.91 Å². The van der Waals surface area contributed by atoms with Gasteiger partial charge in [-0.1, -0.05) is 6.92 Å². The first kappa shape index (κ1) is 16.0. The Bertz CT molecular complexity index is 884. The second kappa shape index (κ2) is 6.31. The molecule has 0 atom stereocenters. The van der Waals surface area contributed by atoms with E-state index in [1.165, 1.54) is 16.7 Å². The summed E-state index contributed by atoms with van der Waals surface area (Å²) in [5.41, 5.74) is 3.28. The zero-order valence-corrected chi connectivity index (χ0v) is 13.9. The average Bonchev–Trinajstić information content (AvgIpc) is 2.93. The first-order chi connectivity index (χ1) is 11.5. The molecule has 0 spiro atoms. The van der Waals surface area contributed by atoms with E-state index in [4.69, 9.17) is 0 Å². The van der Waals surface area contributed by atoms with Crippen molar-refractivity contribution in [3.8, 4) is 0 Å². The molecule has 0 fully saturated rings. The van der Waals surface area contributed by atoms with Crippen molar-refractivity contribution in [2.24, 2.45) is 0 Å². The molecule has 1 aromatic carbocycles. The van der Waals surface area contributed by atoms with Crippen LogP contribution >= 0.6 is 0 Å². The monoisotopic (exact) mass is 326 g/mol. The molecule has 3 aromatic rings. The highest BCUT2D eigenvalue weighted by atomic mass is 19.1. The number of aromatic nitrogens is 2. The lowest BCUT2D eigenvalue weighted by molar-refractivity contribution is 0.102. The third kappa shape index (κ3) is 2.95. The van der Waals surface area contributed by atoms with E-state index in [1.54, 1.807) is 6.07 Å². The SMILES string of the molecule is CCc1nc2ccc(F)cn2c1C(=O)Nc1ccc(N(C)C)cc1. The summed E-state index contributed by atoms with van der Waals surface area (Å²) in [6, 6.07) is 10.4. The number of carbonyl (C=O) groups is 1. The number of pyridine rings is 1. The van der Waals surface area contributed by atoms with Gasteiger partial charge in [-0.3, -0.25) is 9.20 Å². The summed E-state index contributed by atoms with van der Waals surface area (Å²) in [7, 11) is 3.90. The topological polar surface area (TPSA) is 49.6 Å². The Morgan fingerprint density at radius 1 is 1.21 bits per heavy atom. The Kier molecular flexibility index (Phi) is 4.20. The Balaban J connectivity index is 1.94. The van der Waals surface area contributed by atoms with Gasteiger partial charge >= 0.3 is 0 Å². The maximum Gasteiger partial charge on any atom is 0.274 e. The number of imidazole rings is 1. The van der Waals surface area contributed by atoms with Crippen LogP contribution in [-0.4, -0.2) is 29.4 Å². The van der Waals surface area contributed by atoms with Gasteiger partial charge in [0.15, 0.2) is 0 Å². The minimum absolute atomic E-state index is 0.303. The van der Waals surface area contributed by atoms with Crippen molar-refractivity contribution in [2.45, 2.75) is 13.3 Å². The van der Waals surface area contributed by atoms with Crippen molar-refractivity contribution < 1.29 is 9.18 Å². The number of amides is 1. The highest BCUT2D eigenvalue weighted by Crippen LogP contribution is 2.19. The summed E-state index contributed by atoms with van der Waals surface area (Å²) in [5, 5.41) is 2.86. The normalized spacial score (nSPS) is 10.8. The van der Waals surface area contributed by atoms with Crippen LogP contribution in [0.2, 0.25) is 0 Å². The molecule has 0 aliphatic heterocycles. The Hall–Kier alpha value is -2.89. The van der Waals surface area contributed by atoms with E-state index in [9.17, 15) is 9.18 Å². The molecule has 5 nitrogen and oxygen atoms in total. The van der Waals surface area contributed by atoms with E-state index in [2.05, 4.69) is 10.3 Å². The molecule has 0 aliphatic rings. The van der Waals surface area contributed by atoms with Crippen LogP contribution in [-0.2, 0) is 6.42 Å². The van der Waals surface area contributed by atoms with Crippen LogP contribution in [0.25, 0.3) is 5.65 Å². The van der Waals surface area contributed by atoms with Crippen molar-refractivity contribution in [3.63, 3.8) is 0 Å². The van der Waals surface area contributed by atoms with Gasteiger partial charge in [0.05, 0.1) is 5.69 Å². The van der Waals surface area contributed by atoms with Crippen LogP contribution in [0.5, 0.6) is 0 Å². The zero-order chi connectivity index (χ0) is 17.3. The van der Waals surface area contributed by atoms with Gasteiger partial charge in [0.1, 0.15) is 17.2 Å². The van der Waals surface area contributed by atoms with Gasteiger partial charge in [0.2, 0.25) is 0 Å². The van der Waals surface area contributed by atoms with Crippen molar-refractivity contribution in [2.75, 3.05) is 24.3 Å². The Labute approximate surface area is 139 Å². The van der Waals surface area contributed by atoms with Crippen LogP contribution in [0.4, 0.5) is 15.8 Å². The predicted octanol–water partition coefficient (Wildman–Crippen LogP) is 3.35. The van der Waals surface area contributed by atoms with Crippen LogP contribution in [0.15, 0.2) is 42.6 Å². The van der Waals surface area contributed by atoms with Gasteiger partial charge < -0.3 is 10.2 Å². The number of hydrogen-bond donors (Lipinski definition) is 1. The maximum atomic E-state index is 13.6. The van der Waals surface area contributed by atoms with E-state index in [0.29, 0.717) is 29.1 Å². The summed E-state index contributed by atoms with van der Waals surface area (Å²) in [5.74, 6) is -0.713. The molecule has 2 aromatic heterocycles. The zero-order valence-electron chi connectivity index (χ0n) is 13.9. The molecule has 0 bridgehead atoms. The standard InChI is InChI=1S/C18H19FN4O/c1-4-15-17(23-11-12(19)5-10-16(23)21-15)18(24)20-13-6-8-14(9-7-13)22(2)3/h5-11H,4H2,1-3H3,(H,20,24). The van der Waals surface area contributed by atoms with Gasteiger partial charge in [0, 0.05) is 31.7 Å². The van der Waals surface area contributed by atoms with E-state index >= 15 is 0 Å². The van der Waals surface area contributed by atoms with Crippen LogP contribution in [0.3, 0.4) is 0 Å². The quantitative estimate of drug-likeness (QED) is 0.800. The Morgan fingerprint density at radius 2 is 1.92 bits per heavy atom. The van der Waals surface area contributed by atoms with E-state index < -0.39 is 5.82 Å². The molecule has 0 saturated carbocycles. The summed E-state index contributed by atoms with van der Waals surface area (Å²) < 4.78 is 15.1. The lowest BCUT2D eigenvalue weighted by atomic mass is 10.2. The van der Waals surface area contributed by atoms with Crippen molar-refractivity contribution in [3.05, 3.63) is 59.8 Å². The third-order valence-corrected chi connectivity index (χ3v) is 3.85. The van der Waals surface area contributed by atoms with Gasteiger partial charge in [-0.2, -0.15) is 0 Å².